The summed E-state index contributed by atoms with van der Waals surface area (Å²) < 4.78 is 26.1. The van der Waals surface area contributed by atoms with Crippen molar-refractivity contribution < 1.29 is 8.78 Å². The summed E-state index contributed by atoms with van der Waals surface area (Å²) in [7, 11) is 0. The van der Waals surface area contributed by atoms with Crippen molar-refractivity contribution in [2.45, 2.75) is 19.3 Å². The van der Waals surface area contributed by atoms with E-state index in [0.29, 0.717) is 12.0 Å². The minimum atomic E-state index is -0.514. The van der Waals surface area contributed by atoms with E-state index < -0.39 is 11.6 Å². The number of hydrogen-bond donors (Lipinski definition) is 0. The van der Waals surface area contributed by atoms with Gasteiger partial charge in [-0.1, -0.05) is 37.3 Å². The van der Waals surface area contributed by atoms with Gasteiger partial charge in [0.2, 0.25) is 0 Å². The van der Waals surface area contributed by atoms with E-state index >= 15 is 0 Å². The van der Waals surface area contributed by atoms with Crippen LogP contribution in [0.4, 0.5) is 8.78 Å². The van der Waals surface area contributed by atoms with Crippen LogP contribution in [0.25, 0.3) is 0 Å². The molecule has 2 heteroatoms. The molecule has 0 radical (unpaired) electrons. The van der Waals surface area contributed by atoms with Crippen molar-refractivity contribution in [3.8, 4) is 0 Å². The summed E-state index contributed by atoms with van der Waals surface area (Å²) >= 11 is 0. The molecular weight excluding hydrogens is 218 g/mol. The largest absolute Gasteiger partial charge is 0.207 e. The van der Waals surface area contributed by atoms with E-state index in [9.17, 15) is 8.78 Å². The summed E-state index contributed by atoms with van der Waals surface area (Å²) in [4.78, 5) is 0. The summed E-state index contributed by atoms with van der Waals surface area (Å²) in [5.74, 6) is -0.780. The summed E-state index contributed by atoms with van der Waals surface area (Å²) in [6, 6.07) is 13.6. The number of rotatable bonds is 3. The molecule has 0 spiro atoms. The Morgan fingerprint density at radius 1 is 0.941 bits per heavy atom. The Morgan fingerprint density at radius 3 is 2.12 bits per heavy atom. The second-order valence-corrected chi connectivity index (χ2v) is 4.29. The summed E-state index contributed by atoms with van der Waals surface area (Å²) in [6.07, 6.45) is 0.638. The SMILES string of the molecule is CC(Cc1cc(F)cc(F)c1)c1ccccc1. The lowest BCUT2D eigenvalue weighted by atomic mass is 9.94. The van der Waals surface area contributed by atoms with Crippen LogP contribution in [0.5, 0.6) is 0 Å². The molecule has 0 aromatic heterocycles. The van der Waals surface area contributed by atoms with E-state index in [0.717, 1.165) is 6.07 Å². The Balaban J connectivity index is 2.16. The second kappa shape index (κ2) is 5.09. The zero-order chi connectivity index (χ0) is 12.3. The van der Waals surface area contributed by atoms with E-state index in [4.69, 9.17) is 0 Å². The van der Waals surface area contributed by atoms with E-state index in [-0.39, 0.29) is 5.92 Å². The van der Waals surface area contributed by atoms with Gasteiger partial charge in [-0.3, -0.25) is 0 Å². The summed E-state index contributed by atoms with van der Waals surface area (Å²) in [6.45, 7) is 2.05. The van der Waals surface area contributed by atoms with Gasteiger partial charge in [0.25, 0.3) is 0 Å². The molecule has 0 N–H and O–H groups in total. The first kappa shape index (κ1) is 11.8. The first-order valence-electron chi connectivity index (χ1n) is 5.65. The maximum absolute atomic E-state index is 13.0. The Bertz CT molecular complexity index is 471. The molecule has 1 atom stereocenters. The second-order valence-electron chi connectivity index (χ2n) is 4.29. The van der Waals surface area contributed by atoms with E-state index in [2.05, 4.69) is 6.92 Å². The maximum Gasteiger partial charge on any atom is 0.126 e. The number of halogens is 2. The molecule has 2 aromatic rings. The molecule has 0 fully saturated rings. The molecule has 0 aliphatic heterocycles. The van der Waals surface area contributed by atoms with Crippen molar-refractivity contribution in [3.05, 3.63) is 71.3 Å². The highest BCUT2D eigenvalue weighted by molar-refractivity contribution is 5.24. The van der Waals surface area contributed by atoms with Gasteiger partial charge in [0.1, 0.15) is 11.6 Å². The normalized spacial score (nSPS) is 12.4. The van der Waals surface area contributed by atoms with E-state index in [1.54, 1.807) is 0 Å². The van der Waals surface area contributed by atoms with Crippen molar-refractivity contribution in [2.24, 2.45) is 0 Å². The lowest BCUT2D eigenvalue weighted by Crippen LogP contribution is -1.99. The highest BCUT2D eigenvalue weighted by Crippen LogP contribution is 2.21. The van der Waals surface area contributed by atoms with Crippen LogP contribution in [0, 0.1) is 11.6 Å². The molecule has 0 nitrogen and oxygen atoms in total. The molecule has 0 amide bonds. The molecule has 0 heterocycles. The molecule has 88 valence electrons. The van der Waals surface area contributed by atoms with Gasteiger partial charge in [0.15, 0.2) is 0 Å². The minimum absolute atomic E-state index is 0.248. The van der Waals surface area contributed by atoms with Crippen LogP contribution in [-0.4, -0.2) is 0 Å². The van der Waals surface area contributed by atoms with Gasteiger partial charge in [0, 0.05) is 6.07 Å². The standard InChI is InChI=1S/C15H14F2/c1-11(13-5-3-2-4-6-13)7-12-8-14(16)10-15(17)9-12/h2-6,8-11H,7H2,1H3. The summed E-state index contributed by atoms with van der Waals surface area (Å²) in [5.41, 5.74) is 1.87. The van der Waals surface area contributed by atoms with Gasteiger partial charge in [-0.25, -0.2) is 8.78 Å². The smallest absolute Gasteiger partial charge is 0.126 e. The molecular formula is C15H14F2. The molecule has 0 saturated heterocycles. The fraction of sp³-hybridized carbons (Fsp3) is 0.200. The molecule has 2 aromatic carbocycles. The van der Waals surface area contributed by atoms with Gasteiger partial charge in [-0.15, -0.1) is 0 Å². The van der Waals surface area contributed by atoms with E-state index in [1.807, 2.05) is 30.3 Å². The van der Waals surface area contributed by atoms with Crippen LogP contribution in [0.2, 0.25) is 0 Å². The summed E-state index contributed by atoms with van der Waals surface area (Å²) in [5, 5.41) is 0. The quantitative estimate of drug-likeness (QED) is 0.739. The Labute approximate surface area is 99.9 Å². The van der Waals surface area contributed by atoms with Crippen molar-refractivity contribution in [3.63, 3.8) is 0 Å². The maximum atomic E-state index is 13.0. The molecule has 1 unspecified atom stereocenters. The molecule has 0 aliphatic rings. The minimum Gasteiger partial charge on any atom is -0.207 e. The van der Waals surface area contributed by atoms with E-state index in [1.165, 1.54) is 17.7 Å². The fourth-order valence-corrected chi connectivity index (χ4v) is 1.98. The Hall–Kier alpha value is -1.70. The van der Waals surface area contributed by atoms with Gasteiger partial charge >= 0.3 is 0 Å². The predicted molar refractivity (Wildman–Crippen MR) is 64.9 cm³/mol. The van der Waals surface area contributed by atoms with Crippen LogP contribution in [0.15, 0.2) is 48.5 Å². The van der Waals surface area contributed by atoms with Gasteiger partial charge in [-0.05, 0) is 35.6 Å². The Kier molecular flexibility index (Phi) is 3.52. The fourth-order valence-electron chi connectivity index (χ4n) is 1.98. The predicted octanol–water partition coefficient (Wildman–Crippen LogP) is 4.31. The highest BCUT2D eigenvalue weighted by Gasteiger charge is 2.08. The van der Waals surface area contributed by atoms with Crippen LogP contribution < -0.4 is 0 Å². The average molecular weight is 232 g/mol. The number of benzene rings is 2. The Morgan fingerprint density at radius 2 is 1.53 bits per heavy atom. The van der Waals surface area contributed by atoms with Gasteiger partial charge in [-0.2, -0.15) is 0 Å². The van der Waals surface area contributed by atoms with Crippen LogP contribution in [0.1, 0.15) is 24.0 Å². The lowest BCUT2D eigenvalue weighted by Gasteiger charge is -2.12. The van der Waals surface area contributed by atoms with Crippen LogP contribution in [-0.2, 0) is 6.42 Å². The molecule has 0 bridgehead atoms. The zero-order valence-corrected chi connectivity index (χ0v) is 9.66. The van der Waals surface area contributed by atoms with Crippen molar-refractivity contribution in [1.82, 2.24) is 0 Å². The topological polar surface area (TPSA) is 0 Å². The van der Waals surface area contributed by atoms with Gasteiger partial charge < -0.3 is 0 Å². The molecule has 2 rings (SSSR count). The van der Waals surface area contributed by atoms with Crippen LogP contribution >= 0.6 is 0 Å². The zero-order valence-electron chi connectivity index (χ0n) is 9.66. The molecule has 0 saturated carbocycles. The number of hydrogen-bond acceptors (Lipinski definition) is 0. The highest BCUT2D eigenvalue weighted by atomic mass is 19.1. The third-order valence-electron chi connectivity index (χ3n) is 2.83. The van der Waals surface area contributed by atoms with Crippen molar-refractivity contribution >= 4 is 0 Å². The molecule has 17 heavy (non-hydrogen) atoms. The molecule has 0 aliphatic carbocycles. The third kappa shape index (κ3) is 3.13. The van der Waals surface area contributed by atoms with Crippen molar-refractivity contribution in [1.29, 1.82) is 0 Å². The first-order chi connectivity index (χ1) is 8.15. The van der Waals surface area contributed by atoms with Crippen LogP contribution in [0.3, 0.4) is 0 Å². The monoisotopic (exact) mass is 232 g/mol. The third-order valence-corrected chi connectivity index (χ3v) is 2.83. The lowest BCUT2D eigenvalue weighted by molar-refractivity contribution is 0.577. The van der Waals surface area contributed by atoms with Gasteiger partial charge in [0.05, 0.1) is 0 Å². The average Bonchev–Trinajstić information content (AvgIpc) is 2.28. The van der Waals surface area contributed by atoms with Crippen molar-refractivity contribution in [2.75, 3.05) is 0 Å². The first-order valence-corrected chi connectivity index (χ1v) is 5.65.